The van der Waals surface area contributed by atoms with Crippen LogP contribution in [0.1, 0.15) is 92.4 Å². The van der Waals surface area contributed by atoms with Gasteiger partial charge in [0, 0.05) is 29.6 Å². The number of ether oxygens (including phenoxy) is 7. The summed E-state index contributed by atoms with van der Waals surface area (Å²) in [6, 6.07) is 0. The molecule has 0 radical (unpaired) electrons. The Bertz CT molecular complexity index is 3730. The number of Topliss-reactive ketones (excluding diaryl/α,β-unsaturated/α-hetero) is 1. The zero-order valence-corrected chi connectivity index (χ0v) is 54.1. The third kappa shape index (κ3) is 13.4. The summed E-state index contributed by atoms with van der Waals surface area (Å²) in [7, 11) is -29.6. The van der Waals surface area contributed by atoms with Crippen LogP contribution in [0.5, 0.6) is 0 Å². The molecule has 0 amide bonds. The highest BCUT2D eigenvalue weighted by molar-refractivity contribution is 7.88. The fourth-order valence-corrected chi connectivity index (χ4v) is 17.7. The third-order valence-corrected chi connectivity index (χ3v) is 25.7. The van der Waals surface area contributed by atoms with Gasteiger partial charge in [0.15, 0.2) is 40.5 Å². The SMILES string of the molecule is CC1(C)C2CCC1(CS(=O)(=O)OCC(F)C(F)(F)S(=O)(=O)[O-])C(=O)C2.CC12CCC(C(=O)OCC(F)C(F)(F)S(=O)(=O)[O-])(OC1=O)C2(C)C.O=C(OCC(F)C(F)(F)S(=O)(=O)[O-])C1C2CC3OC(=O)C1C3C2.O=C(OCC(F)C(F)(F)S(=O)(=O)[O-])OC1C2CC3C(=O)OC1C3C2. The predicted molar refractivity (Wildman–Crippen MR) is 277 cm³/mol. The van der Waals surface area contributed by atoms with Gasteiger partial charge in [0.1, 0.15) is 50.5 Å². The number of fused-ring (bicyclic) bond motifs is 6. The van der Waals surface area contributed by atoms with E-state index in [4.69, 9.17) is 18.9 Å². The van der Waals surface area contributed by atoms with Crippen molar-refractivity contribution in [1.29, 1.82) is 0 Å². The van der Waals surface area contributed by atoms with Crippen molar-refractivity contribution in [2.75, 3.05) is 32.2 Å². The number of halogens is 12. The molecule has 10 rings (SSSR count). The van der Waals surface area contributed by atoms with Crippen LogP contribution in [0.2, 0.25) is 0 Å². The minimum Gasteiger partial charge on any atom is -0.743 e. The first-order valence-corrected chi connectivity index (χ1v) is 35.6. The van der Waals surface area contributed by atoms with Crippen LogP contribution >= 0.6 is 0 Å². The van der Waals surface area contributed by atoms with Crippen molar-refractivity contribution >= 4 is 92.4 Å². The van der Waals surface area contributed by atoms with Crippen molar-refractivity contribution in [2.24, 2.45) is 69.0 Å². The minimum atomic E-state index is -6.32. The van der Waals surface area contributed by atoms with Gasteiger partial charge in [-0.2, -0.15) is 43.5 Å². The molecule has 29 nitrogen and oxygen atoms in total. The van der Waals surface area contributed by atoms with E-state index < -0.39 is 210 Å². The average Bonchev–Trinajstić information content (AvgIpc) is 1.53. The molecule has 10 aliphatic rings. The van der Waals surface area contributed by atoms with E-state index in [0.717, 1.165) is 0 Å². The maximum atomic E-state index is 13.4. The molecule has 7 aliphatic carbocycles. The molecule has 3 saturated heterocycles. The summed E-state index contributed by atoms with van der Waals surface area (Å²) in [6.45, 7) is 1.47. The van der Waals surface area contributed by atoms with Crippen LogP contribution in [0.3, 0.4) is 0 Å². The minimum absolute atomic E-state index is 0.000867. The summed E-state index contributed by atoms with van der Waals surface area (Å²) >= 11 is 0. The van der Waals surface area contributed by atoms with Gasteiger partial charge in [-0.3, -0.25) is 28.2 Å². The monoisotopic (exact) mass is 1510 g/mol. The van der Waals surface area contributed by atoms with Gasteiger partial charge in [0.25, 0.3) is 10.1 Å². The van der Waals surface area contributed by atoms with E-state index in [9.17, 15) is 147 Å². The highest BCUT2D eigenvalue weighted by Gasteiger charge is 2.77. The first-order chi connectivity index (χ1) is 43.3. The third-order valence-electron chi connectivity index (χ3n) is 20.6. The van der Waals surface area contributed by atoms with Crippen LogP contribution in [0.4, 0.5) is 57.5 Å². The molecule has 0 aromatic heterocycles. The van der Waals surface area contributed by atoms with Gasteiger partial charge in [0.2, 0.25) is 30.3 Å². The van der Waals surface area contributed by atoms with Gasteiger partial charge >= 0.3 is 57.0 Å². The molecule has 10 fully saturated rings. The molecule has 18 atom stereocenters. The largest absolute Gasteiger partial charge is 0.743 e. The number of alkyl halides is 12. The van der Waals surface area contributed by atoms with E-state index in [0.29, 0.717) is 32.1 Å². The van der Waals surface area contributed by atoms with Crippen molar-refractivity contribution in [3.63, 3.8) is 0 Å². The quantitative estimate of drug-likeness (QED) is 0.0494. The number of esters is 5. The highest BCUT2D eigenvalue weighted by Crippen LogP contribution is 2.67. The maximum absolute atomic E-state index is 13.4. The normalized spacial score (nSPS) is 34.0. The molecular weight excluding hydrogens is 1450 g/mol. The first kappa shape index (κ1) is 78.3. The summed E-state index contributed by atoms with van der Waals surface area (Å²) < 4.78 is 342. The molecule has 18 unspecified atom stereocenters. The van der Waals surface area contributed by atoms with Gasteiger partial charge in [-0.15, -0.1) is 0 Å². The number of carbonyl (C=O) groups is 7. The van der Waals surface area contributed by atoms with E-state index in [1.54, 1.807) is 34.6 Å². The van der Waals surface area contributed by atoms with Crippen LogP contribution in [-0.2, 0) is 117 Å². The Hall–Kier alpha value is -5.00. The lowest BCUT2D eigenvalue weighted by Gasteiger charge is -2.35. The summed E-state index contributed by atoms with van der Waals surface area (Å²) in [5.41, 5.74) is -5.66. The zero-order chi connectivity index (χ0) is 73.3. The van der Waals surface area contributed by atoms with E-state index in [-0.39, 0.29) is 79.0 Å². The maximum Gasteiger partial charge on any atom is 0.508 e. The average molecular weight is 1510 g/mol. The predicted octanol–water partition coefficient (Wildman–Crippen LogP) is 3.10. The Balaban J connectivity index is 0.000000181. The number of rotatable bonds is 22. The smallest absolute Gasteiger partial charge is 0.508 e. The second-order valence-corrected chi connectivity index (χ2v) is 33.4. The second-order valence-electron chi connectivity index (χ2n) is 26.0. The fraction of sp³-hybridized carbons (Fsp3) is 0.860. The summed E-state index contributed by atoms with van der Waals surface area (Å²) in [4.78, 5) is 83.2. The number of carbonyl (C=O) groups excluding carboxylic acids is 7. The lowest BCUT2D eigenvalue weighted by Crippen LogP contribution is -2.50. The van der Waals surface area contributed by atoms with Crippen molar-refractivity contribution in [3.8, 4) is 0 Å². The van der Waals surface area contributed by atoms with Crippen LogP contribution < -0.4 is 0 Å². The van der Waals surface area contributed by atoms with Crippen LogP contribution in [0, 0.1) is 69.0 Å². The molecule has 0 N–H and O–H groups in total. The van der Waals surface area contributed by atoms with Gasteiger partial charge in [-0.05, 0) is 75.5 Å². The molecule has 550 valence electrons. The molecule has 3 heterocycles. The van der Waals surface area contributed by atoms with Crippen molar-refractivity contribution < 1.29 is 184 Å². The van der Waals surface area contributed by atoms with E-state index in [2.05, 4.69) is 18.4 Å². The number of hydrogen-bond donors (Lipinski definition) is 0. The highest BCUT2D eigenvalue weighted by atomic mass is 32.2. The molecule has 46 heteroatoms. The Morgan fingerprint density at radius 1 is 0.594 bits per heavy atom. The Labute approximate surface area is 537 Å². The lowest BCUT2D eigenvalue weighted by atomic mass is 9.66. The first-order valence-electron chi connectivity index (χ1n) is 28.4. The van der Waals surface area contributed by atoms with Gasteiger partial charge in [-0.25, -0.2) is 60.8 Å². The zero-order valence-electron chi connectivity index (χ0n) is 50.0. The van der Waals surface area contributed by atoms with Crippen molar-refractivity contribution in [3.05, 3.63) is 0 Å². The Morgan fingerprint density at radius 3 is 1.52 bits per heavy atom. The van der Waals surface area contributed by atoms with E-state index in [1.807, 2.05) is 0 Å². The topological polar surface area (TPSA) is 456 Å². The summed E-state index contributed by atoms with van der Waals surface area (Å²) in [5.74, 6) is -7.40. The van der Waals surface area contributed by atoms with E-state index in [1.165, 1.54) is 0 Å². The van der Waals surface area contributed by atoms with Gasteiger partial charge in [-0.1, -0.05) is 27.7 Å². The molecule has 0 aromatic rings. The Kier molecular flexibility index (Phi) is 20.9. The Morgan fingerprint density at radius 2 is 1.07 bits per heavy atom. The summed E-state index contributed by atoms with van der Waals surface area (Å²) in [6.07, 6.45) is -13.8. The van der Waals surface area contributed by atoms with Gasteiger partial charge < -0.3 is 51.4 Å². The second kappa shape index (κ2) is 25.6. The van der Waals surface area contributed by atoms with Crippen LogP contribution in [0.15, 0.2) is 0 Å². The molecule has 3 aliphatic heterocycles. The number of hydrogen-bond acceptors (Lipinski definition) is 29. The van der Waals surface area contributed by atoms with Crippen molar-refractivity contribution in [2.45, 2.75) is 162 Å². The van der Waals surface area contributed by atoms with Crippen LogP contribution in [0.25, 0.3) is 0 Å². The molecule has 7 saturated carbocycles. The van der Waals surface area contributed by atoms with E-state index >= 15 is 0 Å². The summed E-state index contributed by atoms with van der Waals surface area (Å²) in [5, 5.41) is -21.0. The molecular formula is C50H58F12O29S5-4. The lowest BCUT2D eigenvalue weighted by molar-refractivity contribution is -0.186. The molecule has 8 bridgehead atoms. The molecule has 0 spiro atoms. The number of ketones is 1. The standard InChI is InChI=1S/C13H19F3O7S2.C13H17F3O7S.C12H13F3O8S.C12H13F3O7S/c1-11(2)8-3-4-12(11,10(17)5-8)7-24(18,19)23-6-9(14)13(15,16)25(20,21)22;1-10(2)11(3)4-5-12(10,23-8(11)17)9(18)22-6-7(14)13(15,16)24(19,20)21;13-7(12(14,15)24(18,19)20)3-21-11(17)23-8-4-1-5-6(2-4)10(16)22-9(5)8;13-7(12(14,15)23(18,19)20)3-21-10(16)8-4-1-5-6(2-4)22-11(17)9(5)8/h8-9H,3-7H2,1-2H3,(H,20,21,22);7H,4-6H2,1-3H3,(H,19,20,21);4-9H,1-3H2,(H,18,19,20);4-9H,1-3H2,(H,18,19,20)/p-4. The van der Waals surface area contributed by atoms with Crippen LogP contribution in [-0.4, -0.2) is 204 Å². The van der Waals surface area contributed by atoms with Gasteiger partial charge in [0.05, 0.1) is 34.3 Å². The fourth-order valence-electron chi connectivity index (χ4n) is 14.5. The molecule has 96 heavy (non-hydrogen) atoms. The van der Waals surface area contributed by atoms with Crippen molar-refractivity contribution in [1.82, 2.24) is 0 Å². The molecule has 0 aromatic carbocycles.